The van der Waals surface area contributed by atoms with E-state index in [4.69, 9.17) is 5.73 Å². The Morgan fingerprint density at radius 1 is 0.944 bits per heavy atom. The molecule has 2 rings (SSSR count). The van der Waals surface area contributed by atoms with Crippen LogP contribution in [0.2, 0.25) is 0 Å². The zero-order valence-corrected chi connectivity index (χ0v) is 11.2. The van der Waals surface area contributed by atoms with E-state index in [1.807, 2.05) is 6.07 Å². The van der Waals surface area contributed by atoms with E-state index in [1.54, 1.807) is 0 Å². The van der Waals surface area contributed by atoms with E-state index in [-0.39, 0.29) is 5.54 Å². The number of hydrogen-bond donors (Lipinski definition) is 1. The van der Waals surface area contributed by atoms with Crippen LogP contribution in [0, 0.1) is 6.92 Å². The fourth-order valence-corrected chi connectivity index (χ4v) is 2.35. The van der Waals surface area contributed by atoms with Crippen LogP contribution in [0.4, 0.5) is 0 Å². The maximum Gasteiger partial charge on any atom is 0.0447 e. The second kappa shape index (κ2) is 5.36. The highest BCUT2D eigenvalue weighted by molar-refractivity contribution is 5.32. The summed E-state index contributed by atoms with van der Waals surface area (Å²) in [5, 5.41) is 0. The van der Waals surface area contributed by atoms with Crippen molar-refractivity contribution in [3.63, 3.8) is 0 Å². The van der Waals surface area contributed by atoms with E-state index in [2.05, 4.69) is 62.4 Å². The lowest BCUT2D eigenvalue weighted by atomic mass is 9.81. The van der Waals surface area contributed by atoms with Crippen LogP contribution in [0.15, 0.2) is 54.6 Å². The molecular formula is C17H21N. The average molecular weight is 239 g/mol. The van der Waals surface area contributed by atoms with Gasteiger partial charge in [0, 0.05) is 5.54 Å². The van der Waals surface area contributed by atoms with Crippen LogP contribution in [0.3, 0.4) is 0 Å². The Balaban J connectivity index is 2.32. The van der Waals surface area contributed by atoms with Crippen molar-refractivity contribution < 1.29 is 0 Å². The second-order valence-electron chi connectivity index (χ2n) is 4.98. The van der Waals surface area contributed by atoms with Crippen LogP contribution < -0.4 is 5.73 Å². The number of benzene rings is 2. The predicted octanol–water partition coefficient (Wildman–Crippen LogP) is 3.80. The number of nitrogens with two attached hydrogens (primary N) is 1. The van der Waals surface area contributed by atoms with Gasteiger partial charge in [-0.15, -0.1) is 0 Å². The summed E-state index contributed by atoms with van der Waals surface area (Å²) in [5.41, 5.74) is 10.2. The van der Waals surface area contributed by atoms with Crippen LogP contribution in [0.1, 0.15) is 30.0 Å². The van der Waals surface area contributed by atoms with Crippen molar-refractivity contribution in [2.75, 3.05) is 0 Å². The summed E-state index contributed by atoms with van der Waals surface area (Å²) in [7, 11) is 0. The van der Waals surface area contributed by atoms with Crippen LogP contribution >= 0.6 is 0 Å². The highest BCUT2D eigenvalue weighted by Gasteiger charge is 2.25. The van der Waals surface area contributed by atoms with Crippen molar-refractivity contribution in [1.82, 2.24) is 0 Å². The lowest BCUT2D eigenvalue weighted by Crippen LogP contribution is -2.38. The topological polar surface area (TPSA) is 26.0 Å². The van der Waals surface area contributed by atoms with E-state index in [9.17, 15) is 0 Å². The summed E-state index contributed by atoms with van der Waals surface area (Å²) in [4.78, 5) is 0. The molecule has 0 aliphatic rings. The van der Waals surface area contributed by atoms with Crippen LogP contribution in [0.5, 0.6) is 0 Å². The molecule has 2 aromatic rings. The monoisotopic (exact) mass is 239 g/mol. The molecule has 0 bridgehead atoms. The van der Waals surface area contributed by atoms with Gasteiger partial charge in [-0.2, -0.15) is 0 Å². The number of hydrogen-bond acceptors (Lipinski definition) is 1. The van der Waals surface area contributed by atoms with Crippen molar-refractivity contribution in [1.29, 1.82) is 0 Å². The molecule has 94 valence electrons. The molecule has 0 fully saturated rings. The fourth-order valence-electron chi connectivity index (χ4n) is 2.35. The molecule has 0 saturated heterocycles. The Hall–Kier alpha value is -1.60. The highest BCUT2D eigenvalue weighted by atomic mass is 14.7. The molecule has 0 aliphatic heterocycles. The quantitative estimate of drug-likeness (QED) is 0.862. The van der Waals surface area contributed by atoms with E-state index in [1.165, 1.54) is 16.7 Å². The lowest BCUT2D eigenvalue weighted by Gasteiger charge is -2.29. The summed E-state index contributed by atoms with van der Waals surface area (Å²) >= 11 is 0. The molecular weight excluding hydrogens is 218 g/mol. The maximum atomic E-state index is 6.62. The van der Waals surface area contributed by atoms with Gasteiger partial charge < -0.3 is 5.73 Å². The molecule has 2 N–H and O–H groups in total. The first kappa shape index (κ1) is 12.8. The third-order valence-corrected chi connectivity index (χ3v) is 3.75. The summed E-state index contributed by atoms with van der Waals surface area (Å²) in [5.74, 6) is 0. The van der Waals surface area contributed by atoms with Crippen molar-refractivity contribution >= 4 is 0 Å². The predicted molar refractivity (Wildman–Crippen MR) is 77.5 cm³/mol. The van der Waals surface area contributed by atoms with E-state index < -0.39 is 0 Å². The van der Waals surface area contributed by atoms with Crippen molar-refractivity contribution in [3.8, 4) is 0 Å². The normalized spacial score (nSPS) is 14.2. The van der Waals surface area contributed by atoms with Gasteiger partial charge in [0.05, 0.1) is 0 Å². The first-order valence-electron chi connectivity index (χ1n) is 6.54. The Kier molecular flexibility index (Phi) is 3.83. The molecule has 0 heterocycles. The molecule has 0 spiro atoms. The molecule has 0 aromatic heterocycles. The zero-order chi connectivity index (χ0) is 13.0. The van der Waals surface area contributed by atoms with Gasteiger partial charge in [0.2, 0.25) is 0 Å². The Labute approximate surface area is 110 Å². The van der Waals surface area contributed by atoms with Gasteiger partial charge in [-0.1, -0.05) is 61.5 Å². The Morgan fingerprint density at radius 3 is 2.17 bits per heavy atom. The zero-order valence-electron chi connectivity index (χ0n) is 11.2. The molecule has 1 nitrogen and oxygen atoms in total. The molecule has 1 unspecified atom stereocenters. The lowest BCUT2D eigenvalue weighted by molar-refractivity contribution is 0.424. The van der Waals surface area contributed by atoms with Crippen molar-refractivity contribution in [2.24, 2.45) is 5.73 Å². The standard InChI is InChI=1S/C17H21N/c1-3-17(18,16-11-5-4-6-12-16)13-15-10-8-7-9-14(15)2/h4-12H,3,13,18H2,1-2H3. The van der Waals surface area contributed by atoms with Crippen molar-refractivity contribution in [3.05, 3.63) is 71.3 Å². The minimum Gasteiger partial charge on any atom is -0.321 e. The van der Waals surface area contributed by atoms with Gasteiger partial charge >= 0.3 is 0 Å². The van der Waals surface area contributed by atoms with E-state index in [0.717, 1.165) is 12.8 Å². The summed E-state index contributed by atoms with van der Waals surface area (Å²) in [6, 6.07) is 18.9. The molecule has 1 heteroatoms. The molecule has 18 heavy (non-hydrogen) atoms. The van der Waals surface area contributed by atoms with Crippen molar-refractivity contribution in [2.45, 2.75) is 32.2 Å². The second-order valence-corrected chi connectivity index (χ2v) is 4.98. The fraction of sp³-hybridized carbons (Fsp3) is 0.294. The van der Waals surface area contributed by atoms with Gasteiger partial charge in [-0.3, -0.25) is 0 Å². The molecule has 0 aliphatic carbocycles. The van der Waals surface area contributed by atoms with Crippen LogP contribution in [-0.2, 0) is 12.0 Å². The third-order valence-electron chi connectivity index (χ3n) is 3.75. The number of aryl methyl sites for hydroxylation is 1. The molecule has 0 amide bonds. The average Bonchev–Trinajstić information content (AvgIpc) is 2.42. The first-order valence-corrected chi connectivity index (χ1v) is 6.54. The van der Waals surface area contributed by atoms with Crippen LogP contribution in [0.25, 0.3) is 0 Å². The smallest absolute Gasteiger partial charge is 0.0447 e. The SMILES string of the molecule is CCC(N)(Cc1ccccc1C)c1ccccc1. The maximum absolute atomic E-state index is 6.62. The van der Waals surface area contributed by atoms with E-state index >= 15 is 0 Å². The molecule has 2 aromatic carbocycles. The Morgan fingerprint density at radius 2 is 1.56 bits per heavy atom. The van der Waals surface area contributed by atoms with Gasteiger partial charge in [-0.05, 0) is 36.5 Å². The van der Waals surface area contributed by atoms with Gasteiger partial charge in [-0.25, -0.2) is 0 Å². The number of rotatable bonds is 4. The highest BCUT2D eigenvalue weighted by Crippen LogP contribution is 2.27. The summed E-state index contributed by atoms with van der Waals surface area (Å²) in [6.07, 6.45) is 1.82. The first-order chi connectivity index (χ1) is 8.65. The molecule has 1 atom stereocenters. The van der Waals surface area contributed by atoms with Gasteiger partial charge in [0.15, 0.2) is 0 Å². The Bertz CT molecular complexity index is 504. The molecule has 0 radical (unpaired) electrons. The molecule has 0 saturated carbocycles. The summed E-state index contributed by atoms with van der Waals surface area (Å²) in [6.45, 7) is 4.31. The minimum atomic E-state index is -0.270. The van der Waals surface area contributed by atoms with E-state index in [0.29, 0.717) is 0 Å². The third kappa shape index (κ3) is 2.62. The minimum absolute atomic E-state index is 0.270. The van der Waals surface area contributed by atoms with Gasteiger partial charge in [0.1, 0.15) is 0 Å². The van der Waals surface area contributed by atoms with Gasteiger partial charge in [0.25, 0.3) is 0 Å². The van der Waals surface area contributed by atoms with Crippen LogP contribution in [-0.4, -0.2) is 0 Å². The largest absolute Gasteiger partial charge is 0.321 e. The summed E-state index contributed by atoms with van der Waals surface area (Å²) < 4.78 is 0.